The number of ether oxygens (including phenoxy) is 1. The Kier molecular flexibility index (Phi) is 7.45. The maximum absolute atomic E-state index is 12.5. The first-order valence-corrected chi connectivity index (χ1v) is 10.8. The van der Waals surface area contributed by atoms with Gasteiger partial charge in [-0.25, -0.2) is 9.98 Å². The lowest BCUT2D eigenvalue weighted by atomic mass is 9.96. The van der Waals surface area contributed by atoms with Crippen LogP contribution in [0.1, 0.15) is 31.9 Å². The van der Waals surface area contributed by atoms with Crippen molar-refractivity contribution in [3.63, 3.8) is 0 Å². The summed E-state index contributed by atoms with van der Waals surface area (Å²) in [6.45, 7) is 3.25. The van der Waals surface area contributed by atoms with Crippen LogP contribution in [0, 0.1) is 11.8 Å². The number of esters is 1. The molecule has 0 aromatic carbocycles. The average Bonchev–Trinajstić information content (AvgIpc) is 3.19. The molecule has 0 bridgehead atoms. The van der Waals surface area contributed by atoms with Crippen LogP contribution in [0.15, 0.2) is 22.5 Å². The Morgan fingerprint density at radius 2 is 2.07 bits per heavy atom. The number of amides is 3. The molecule has 1 atom stereocenters. The fraction of sp³-hybridized carbons (Fsp3) is 0.500. The zero-order valence-corrected chi connectivity index (χ0v) is 17.5. The van der Waals surface area contributed by atoms with Gasteiger partial charge in [0, 0.05) is 31.1 Å². The molecule has 3 rings (SSSR count). The molecule has 10 heteroatoms. The van der Waals surface area contributed by atoms with Gasteiger partial charge in [0.05, 0.1) is 18.2 Å². The second-order valence-corrected chi connectivity index (χ2v) is 7.88. The molecular formula is C20H24N4O5S. The Balaban J connectivity index is 1.43. The number of thiazole rings is 1. The van der Waals surface area contributed by atoms with E-state index in [1.54, 1.807) is 23.3 Å². The number of anilines is 1. The van der Waals surface area contributed by atoms with Gasteiger partial charge in [0.2, 0.25) is 11.8 Å². The summed E-state index contributed by atoms with van der Waals surface area (Å²) in [7, 11) is 0. The van der Waals surface area contributed by atoms with E-state index in [9.17, 15) is 19.2 Å². The molecule has 3 heterocycles. The number of hydrogen-bond acceptors (Lipinski definition) is 7. The summed E-state index contributed by atoms with van der Waals surface area (Å²) in [5.41, 5.74) is 0.702. The van der Waals surface area contributed by atoms with Gasteiger partial charge in [-0.3, -0.25) is 19.2 Å². The quantitative estimate of drug-likeness (QED) is 0.516. The Bertz CT molecular complexity index is 870. The van der Waals surface area contributed by atoms with Crippen molar-refractivity contribution in [3.05, 3.63) is 23.2 Å². The molecule has 0 saturated carbocycles. The van der Waals surface area contributed by atoms with Crippen LogP contribution in [0.2, 0.25) is 0 Å². The summed E-state index contributed by atoms with van der Waals surface area (Å²) >= 11 is 1.25. The van der Waals surface area contributed by atoms with Crippen molar-refractivity contribution >= 4 is 46.4 Å². The second kappa shape index (κ2) is 10.2. The van der Waals surface area contributed by atoms with Crippen molar-refractivity contribution in [2.45, 2.75) is 32.6 Å². The number of aliphatic imine (C=N–C) groups is 1. The first kappa shape index (κ1) is 21.8. The van der Waals surface area contributed by atoms with Crippen molar-refractivity contribution in [1.29, 1.82) is 0 Å². The van der Waals surface area contributed by atoms with Crippen molar-refractivity contribution in [3.8, 4) is 0 Å². The molecule has 2 aliphatic heterocycles. The van der Waals surface area contributed by atoms with Gasteiger partial charge in [-0.2, -0.15) is 0 Å². The summed E-state index contributed by atoms with van der Waals surface area (Å²) < 4.78 is 5.05. The number of nitrogens with one attached hydrogen (secondary N) is 1. The van der Waals surface area contributed by atoms with Gasteiger partial charge >= 0.3 is 5.97 Å². The van der Waals surface area contributed by atoms with E-state index < -0.39 is 17.7 Å². The predicted octanol–water partition coefficient (Wildman–Crippen LogP) is 1.60. The van der Waals surface area contributed by atoms with Crippen LogP contribution >= 0.6 is 11.3 Å². The lowest BCUT2D eigenvalue weighted by molar-refractivity contribution is -0.151. The van der Waals surface area contributed by atoms with E-state index in [0.717, 1.165) is 0 Å². The molecule has 3 amide bonds. The minimum absolute atomic E-state index is 0.0201. The summed E-state index contributed by atoms with van der Waals surface area (Å²) in [5.74, 6) is -2.22. The fourth-order valence-electron chi connectivity index (χ4n) is 3.32. The van der Waals surface area contributed by atoms with Gasteiger partial charge in [-0.15, -0.1) is 11.3 Å². The third kappa shape index (κ3) is 5.59. The van der Waals surface area contributed by atoms with Crippen LogP contribution in [-0.4, -0.2) is 59.5 Å². The van der Waals surface area contributed by atoms with E-state index in [-0.39, 0.29) is 17.8 Å². The Morgan fingerprint density at radius 1 is 1.30 bits per heavy atom. The Labute approximate surface area is 178 Å². The fourth-order valence-corrected chi connectivity index (χ4v) is 4.07. The molecule has 30 heavy (non-hydrogen) atoms. The van der Waals surface area contributed by atoms with Crippen LogP contribution in [0.25, 0.3) is 0 Å². The molecule has 0 spiro atoms. The highest BCUT2D eigenvalue weighted by Gasteiger charge is 2.28. The minimum Gasteiger partial charge on any atom is -0.466 e. The zero-order chi connectivity index (χ0) is 21.5. The molecule has 0 radical (unpaired) electrons. The van der Waals surface area contributed by atoms with Gasteiger partial charge in [-0.1, -0.05) is 6.08 Å². The maximum Gasteiger partial charge on any atom is 0.309 e. The summed E-state index contributed by atoms with van der Waals surface area (Å²) in [6, 6.07) is 0. The normalized spacial score (nSPS) is 19.0. The molecule has 1 aromatic rings. The van der Waals surface area contributed by atoms with Crippen LogP contribution in [-0.2, 0) is 30.3 Å². The van der Waals surface area contributed by atoms with Crippen molar-refractivity contribution < 1.29 is 23.9 Å². The number of aryl methyl sites for hydroxylation is 1. The molecule has 1 aromatic heterocycles. The number of hydrogen-bond donors (Lipinski definition) is 1. The largest absolute Gasteiger partial charge is 0.466 e. The Morgan fingerprint density at radius 3 is 2.77 bits per heavy atom. The lowest BCUT2D eigenvalue weighted by Crippen LogP contribution is -2.40. The molecule has 1 fully saturated rings. The first-order chi connectivity index (χ1) is 14.5. The molecule has 1 saturated heterocycles. The molecular weight excluding hydrogens is 408 g/mol. The van der Waals surface area contributed by atoms with E-state index in [2.05, 4.69) is 15.3 Å². The first-order valence-electron chi connectivity index (χ1n) is 9.92. The van der Waals surface area contributed by atoms with E-state index >= 15 is 0 Å². The number of likely N-dealkylation sites (tertiary alicyclic amines) is 1. The van der Waals surface area contributed by atoms with Crippen LogP contribution in [0.3, 0.4) is 0 Å². The lowest BCUT2D eigenvalue weighted by Gasteiger charge is -2.30. The molecule has 1 unspecified atom stereocenters. The van der Waals surface area contributed by atoms with Crippen LogP contribution in [0.5, 0.6) is 0 Å². The summed E-state index contributed by atoms with van der Waals surface area (Å²) in [6.07, 6.45) is 6.40. The number of rotatable bonds is 7. The standard InChI is InChI=1S/C20H24N4O5S/c1-2-29-19(28)13-7-10-24(11-8-13)16(25)6-5-14-12-30-20(22-14)23-18(27)15-4-3-9-21-17(15)26/h3-4,9,12-13,15H,2,5-8,10-11H2,1H3,(H,22,23,27). The van der Waals surface area contributed by atoms with Crippen molar-refractivity contribution in [1.82, 2.24) is 9.88 Å². The van der Waals surface area contributed by atoms with E-state index in [1.807, 2.05) is 0 Å². The van der Waals surface area contributed by atoms with Crippen LogP contribution in [0.4, 0.5) is 5.13 Å². The van der Waals surface area contributed by atoms with Crippen molar-refractivity contribution in [2.75, 3.05) is 25.0 Å². The monoisotopic (exact) mass is 432 g/mol. The Hall–Kier alpha value is -2.88. The van der Waals surface area contributed by atoms with Crippen molar-refractivity contribution in [2.24, 2.45) is 16.8 Å². The molecule has 160 valence electrons. The van der Waals surface area contributed by atoms with E-state index in [4.69, 9.17) is 4.74 Å². The summed E-state index contributed by atoms with van der Waals surface area (Å²) in [4.78, 5) is 57.8. The number of carbonyl (C=O) groups is 4. The van der Waals surface area contributed by atoms with Gasteiger partial charge < -0.3 is 15.0 Å². The topological polar surface area (TPSA) is 118 Å². The maximum atomic E-state index is 12.5. The van der Waals surface area contributed by atoms with Gasteiger partial charge in [0.15, 0.2) is 5.13 Å². The van der Waals surface area contributed by atoms with Crippen LogP contribution < -0.4 is 5.32 Å². The third-order valence-electron chi connectivity index (χ3n) is 4.98. The SMILES string of the molecule is CCOC(=O)C1CCN(C(=O)CCc2csc(NC(=O)C3C=CC=NC3=O)n2)CC1. The van der Waals surface area contributed by atoms with E-state index in [1.165, 1.54) is 23.6 Å². The number of piperidine rings is 1. The predicted molar refractivity (Wildman–Crippen MR) is 111 cm³/mol. The zero-order valence-electron chi connectivity index (χ0n) is 16.7. The van der Waals surface area contributed by atoms with E-state index in [0.29, 0.717) is 56.2 Å². The smallest absolute Gasteiger partial charge is 0.309 e. The van der Waals surface area contributed by atoms with Gasteiger partial charge in [-0.05, 0) is 32.3 Å². The van der Waals surface area contributed by atoms with Gasteiger partial charge in [0.25, 0.3) is 5.91 Å². The third-order valence-corrected chi connectivity index (χ3v) is 5.79. The number of carbonyl (C=O) groups excluding carboxylic acids is 4. The highest BCUT2D eigenvalue weighted by molar-refractivity contribution is 7.13. The number of allylic oxidation sites excluding steroid dienone is 1. The summed E-state index contributed by atoms with van der Waals surface area (Å²) in [5, 5.41) is 4.79. The second-order valence-electron chi connectivity index (χ2n) is 7.02. The van der Waals surface area contributed by atoms with Gasteiger partial charge in [0.1, 0.15) is 5.92 Å². The number of dihydropyridines is 1. The highest BCUT2D eigenvalue weighted by atomic mass is 32.1. The number of aromatic nitrogens is 1. The highest BCUT2D eigenvalue weighted by Crippen LogP contribution is 2.21. The molecule has 1 N–H and O–H groups in total. The minimum atomic E-state index is -0.943. The average molecular weight is 433 g/mol. The number of nitrogens with zero attached hydrogens (tertiary/aromatic N) is 3. The molecule has 9 nitrogen and oxygen atoms in total. The molecule has 0 aliphatic carbocycles. The molecule has 2 aliphatic rings.